The second-order valence-electron chi connectivity index (χ2n) is 4.84. The van der Waals surface area contributed by atoms with E-state index >= 15 is 0 Å². The zero-order valence-corrected chi connectivity index (χ0v) is 12.3. The molecular weight excluding hydrogens is 284 g/mol. The summed E-state index contributed by atoms with van der Waals surface area (Å²) < 4.78 is 0.0364. The van der Waals surface area contributed by atoms with Gasteiger partial charge in [0.2, 0.25) is 0 Å². The van der Waals surface area contributed by atoms with Gasteiger partial charge < -0.3 is 0 Å². The molecule has 0 saturated heterocycles. The molecule has 0 heterocycles. The van der Waals surface area contributed by atoms with Crippen molar-refractivity contribution in [2.75, 3.05) is 0 Å². The molecule has 0 fully saturated rings. The lowest BCUT2D eigenvalue weighted by Crippen LogP contribution is -2.05. The van der Waals surface area contributed by atoms with Crippen molar-refractivity contribution in [3.05, 3.63) is 71.3 Å². The van der Waals surface area contributed by atoms with Crippen molar-refractivity contribution < 1.29 is 0 Å². The van der Waals surface area contributed by atoms with Crippen molar-refractivity contribution in [1.29, 1.82) is 0 Å². The highest BCUT2D eigenvalue weighted by Gasteiger charge is 2.14. The zero-order chi connectivity index (χ0) is 13.0. The van der Waals surface area contributed by atoms with Gasteiger partial charge in [-0.1, -0.05) is 82.7 Å². The first-order valence-corrected chi connectivity index (χ1v) is 6.87. The molecule has 92 valence electrons. The molecule has 18 heavy (non-hydrogen) atoms. The number of rotatable bonds is 3. The van der Waals surface area contributed by atoms with Crippen LogP contribution in [-0.2, 0) is 4.32 Å². The van der Waals surface area contributed by atoms with Crippen molar-refractivity contribution >= 4 is 28.1 Å². The largest absolute Gasteiger partial charge is 0.0807 e. The summed E-state index contributed by atoms with van der Waals surface area (Å²) in [5.41, 5.74) is 3.74. The Hall–Kier alpha value is -1.34. The van der Waals surface area contributed by atoms with E-state index in [2.05, 4.69) is 90.5 Å². The van der Waals surface area contributed by atoms with Crippen molar-refractivity contribution in [2.45, 2.75) is 18.2 Å². The molecule has 2 aromatic carbocycles. The summed E-state index contributed by atoms with van der Waals surface area (Å²) in [6.07, 6.45) is 4.27. The van der Waals surface area contributed by atoms with Crippen molar-refractivity contribution in [3.63, 3.8) is 0 Å². The van der Waals surface area contributed by atoms with Crippen LogP contribution in [0.5, 0.6) is 0 Å². The summed E-state index contributed by atoms with van der Waals surface area (Å²) in [4.78, 5) is 0. The van der Waals surface area contributed by atoms with Gasteiger partial charge in [-0.2, -0.15) is 0 Å². The Balaban J connectivity index is 2.14. The Labute approximate surface area is 117 Å². The topological polar surface area (TPSA) is 0 Å². The quantitative estimate of drug-likeness (QED) is 0.519. The van der Waals surface area contributed by atoms with E-state index in [1.54, 1.807) is 0 Å². The maximum atomic E-state index is 3.67. The van der Waals surface area contributed by atoms with Crippen LogP contribution in [-0.4, -0.2) is 0 Å². The third-order valence-electron chi connectivity index (χ3n) is 2.86. The Kier molecular flexibility index (Phi) is 4.03. The molecule has 0 spiro atoms. The van der Waals surface area contributed by atoms with Gasteiger partial charge in [0.05, 0.1) is 0 Å². The smallest absolute Gasteiger partial charge is 0.0449 e. The average Bonchev–Trinajstić information content (AvgIpc) is 2.37. The molecule has 0 amide bonds. The molecule has 0 aliphatic heterocycles. The Morgan fingerprint density at radius 1 is 0.778 bits per heavy atom. The van der Waals surface area contributed by atoms with Crippen LogP contribution >= 0.6 is 15.9 Å². The summed E-state index contributed by atoms with van der Waals surface area (Å²) in [5.74, 6) is 0. The molecule has 0 atom stereocenters. The van der Waals surface area contributed by atoms with Crippen LogP contribution in [0.2, 0.25) is 0 Å². The van der Waals surface area contributed by atoms with Crippen LogP contribution in [0, 0.1) is 0 Å². The Morgan fingerprint density at radius 2 is 1.28 bits per heavy atom. The van der Waals surface area contributed by atoms with Crippen molar-refractivity contribution in [2.24, 2.45) is 0 Å². The van der Waals surface area contributed by atoms with Gasteiger partial charge in [-0.15, -0.1) is 0 Å². The minimum atomic E-state index is 0.0364. The lowest BCUT2D eigenvalue weighted by atomic mass is 10.0. The number of alkyl halides is 1. The maximum Gasteiger partial charge on any atom is 0.0449 e. The van der Waals surface area contributed by atoms with E-state index in [1.807, 2.05) is 6.07 Å². The highest BCUT2D eigenvalue weighted by molar-refractivity contribution is 9.09. The first kappa shape index (κ1) is 13.1. The highest BCUT2D eigenvalue weighted by atomic mass is 79.9. The van der Waals surface area contributed by atoms with Crippen LogP contribution in [0.3, 0.4) is 0 Å². The average molecular weight is 301 g/mol. The van der Waals surface area contributed by atoms with E-state index < -0.39 is 0 Å². The maximum absolute atomic E-state index is 3.67. The van der Waals surface area contributed by atoms with Crippen LogP contribution in [0.1, 0.15) is 30.5 Å². The highest BCUT2D eigenvalue weighted by Crippen LogP contribution is 2.29. The predicted octanol–water partition coefficient (Wildman–Crippen LogP) is 5.49. The fourth-order valence-corrected chi connectivity index (χ4v) is 2.01. The summed E-state index contributed by atoms with van der Waals surface area (Å²) in [6, 6.07) is 19.0. The van der Waals surface area contributed by atoms with Gasteiger partial charge >= 0.3 is 0 Å². The van der Waals surface area contributed by atoms with Gasteiger partial charge in [0.1, 0.15) is 0 Å². The lowest BCUT2D eigenvalue weighted by molar-refractivity contribution is 0.803. The second kappa shape index (κ2) is 5.53. The zero-order valence-electron chi connectivity index (χ0n) is 10.7. The molecule has 2 rings (SSSR count). The molecule has 0 aromatic heterocycles. The van der Waals surface area contributed by atoms with Gasteiger partial charge in [0, 0.05) is 4.32 Å². The molecular formula is C17H17Br. The molecule has 0 bridgehead atoms. The summed E-state index contributed by atoms with van der Waals surface area (Å²) in [5, 5.41) is 0. The minimum Gasteiger partial charge on any atom is -0.0807 e. The van der Waals surface area contributed by atoms with E-state index in [9.17, 15) is 0 Å². The van der Waals surface area contributed by atoms with E-state index in [0.29, 0.717) is 0 Å². The van der Waals surface area contributed by atoms with Gasteiger partial charge in [-0.3, -0.25) is 0 Å². The van der Waals surface area contributed by atoms with Crippen LogP contribution in [0.25, 0.3) is 12.2 Å². The summed E-state index contributed by atoms with van der Waals surface area (Å²) in [7, 11) is 0. The summed E-state index contributed by atoms with van der Waals surface area (Å²) >= 11 is 3.67. The van der Waals surface area contributed by atoms with Crippen LogP contribution in [0.4, 0.5) is 0 Å². The fraction of sp³-hybridized carbons (Fsp3) is 0.176. The van der Waals surface area contributed by atoms with Gasteiger partial charge in [-0.05, 0) is 30.5 Å². The third kappa shape index (κ3) is 3.58. The summed E-state index contributed by atoms with van der Waals surface area (Å²) in [6.45, 7) is 4.31. The lowest BCUT2D eigenvalue weighted by Gasteiger charge is -2.16. The number of benzene rings is 2. The standard InChI is InChI=1S/C17H17Br/c1-17(2,18)16-12-10-15(11-13-16)9-8-14-6-4-3-5-7-14/h3-13H,1-2H3. The SMILES string of the molecule is CC(C)(Br)c1ccc(C=Cc2ccccc2)cc1. The Morgan fingerprint density at radius 3 is 1.78 bits per heavy atom. The molecule has 0 radical (unpaired) electrons. The normalized spacial score (nSPS) is 11.9. The molecule has 0 aliphatic carbocycles. The first-order valence-electron chi connectivity index (χ1n) is 6.08. The minimum absolute atomic E-state index is 0.0364. The van der Waals surface area contributed by atoms with Crippen LogP contribution < -0.4 is 0 Å². The van der Waals surface area contributed by atoms with E-state index in [0.717, 1.165) is 0 Å². The molecule has 0 N–H and O–H groups in total. The molecule has 0 nitrogen and oxygen atoms in total. The Bertz CT molecular complexity index is 516. The van der Waals surface area contributed by atoms with E-state index in [4.69, 9.17) is 0 Å². The molecule has 2 aromatic rings. The number of halogens is 1. The van der Waals surface area contributed by atoms with E-state index in [-0.39, 0.29) is 4.32 Å². The predicted molar refractivity (Wildman–Crippen MR) is 83.8 cm³/mol. The van der Waals surface area contributed by atoms with E-state index in [1.165, 1.54) is 16.7 Å². The second-order valence-corrected chi connectivity index (χ2v) is 6.82. The van der Waals surface area contributed by atoms with Crippen molar-refractivity contribution in [3.8, 4) is 0 Å². The monoisotopic (exact) mass is 300 g/mol. The molecule has 0 unspecified atom stereocenters. The van der Waals surface area contributed by atoms with Gasteiger partial charge in [0.25, 0.3) is 0 Å². The molecule has 1 heteroatoms. The fourth-order valence-electron chi connectivity index (χ4n) is 1.75. The van der Waals surface area contributed by atoms with Crippen LogP contribution in [0.15, 0.2) is 54.6 Å². The van der Waals surface area contributed by atoms with Gasteiger partial charge in [0.15, 0.2) is 0 Å². The third-order valence-corrected chi connectivity index (χ3v) is 3.32. The molecule has 0 saturated carbocycles. The first-order chi connectivity index (χ1) is 8.55. The van der Waals surface area contributed by atoms with Crippen molar-refractivity contribution in [1.82, 2.24) is 0 Å². The van der Waals surface area contributed by atoms with Gasteiger partial charge in [-0.25, -0.2) is 0 Å². The number of hydrogen-bond acceptors (Lipinski definition) is 0. The molecule has 0 aliphatic rings. The number of hydrogen-bond donors (Lipinski definition) is 0.